The van der Waals surface area contributed by atoms with Gasteiger partial charge in [0.15, 0.2) is 0 Å². The van der Waals surface area contributed by atoms with Crippen molar-refractivity contribution in [3.63, 3.8) is 0 Å². The Labute approximate surface area is 119 Å². The highest BCUT2D eigenvalue weighted by Crippen LogP contribution is 2.33. The average Bonchev–Trinajstić information content (AvgIpc) is 2.40. The number of rotatable bonds is 2. The number of aryl methyl sites for hydroxylation is 1. The number of hydrogen-bond acceptors (Lipinski definition) is 2. The summed E-state index contributed by atoms with van der Waals surface area (Å²) in [5, 5.41) is 11.5. The van der Waals surface area contributed by atoms with Gasteiger partial charge in [-0.15, -0.1) is 0 Å². The van der Waals surface area contributed by atoms with Gasteiger partial charge in [0.1, 0.15) is 5.75 Å². The van der Waals surface area contributed by atoms with Gasteiger partial charge in [0.25, 0.3) is 5.91 Å². The summed E-state index contributed by atoms with van der Waals surface area (Å²) in [7, 11) is 0. The van der Waals surface area contributed by atoms with Crippen LogP contribution < -0.4 is 5.32 Å². The summed E-state index contributed by atoms with van der Waals surface area (Å²) in [6.07, 6.45) is -4.47. The maximum Gasteiger partial charge on any atom is 0.416 e. The second kappa shape index (κ2) is 5.47. The first-order valence-corrected chi connectivity index (χ1v) is 6.05. The topological polar surface area (TPSA) is 49.3 Å². The molecule has 0 saturated heterocycles. The standard InChI is InChI=1S/C15H12F3NO2/c1-9-2-5-11(8-13(9)15(16,17)18)19-14(21)10-3-6-12(20)7-4-10/h2-8,20H,1H3,(H,19,21). The van der Waals surface area contributed by atoms with Crippen molar-refractivity contribution in [3.05, 3.63) is 59.2 Å². The van der Waals surface area contributed by atoms with Crippen LogP contribution in [0.5, 0.6) is 5.75 Å². The molecule has 0 heterocycles. The van der Waals surface area contributed by atoms with Crippen molar-refractivity contribution < 1.29 is 23.1 Å². The van der Waals surface area contributed by atoms with Crippen LogP contribution in [0.1, 0.15) is 21.5 Å². The molecule has 110 valence electrons. The third kappa shape index (κ3) is 3.53. The van der Waals surface area contributed by atoms with E-state index in [-0.39, 0.29) is 22.6 Å². The second-order valence-electron chi connectivity index (χ2n) is 4.53. The first kappa shape index (κ1) is 14.9. The van der Waals surface area contributed by atoms with E-state index >= 15 is 0 Å². The second-order valence-corrected chi connectivity index (χ2v) is 4.53. The van der Waals surface area contributed by atoms with E-state index < -0.39 is 17.6 Å². The highest BCUT2D eigenvalue weighted by molar-refractivity contribution is 6.04. The van der Waals surface area contributed by atoms with Gasteiger partial charge >= 0.3 is 6.18 Å². The lowest BCUT2D eigenvalue weighted by molar-refractivity contribution is -0.138. The Hall–Kier alpha value is -2.50. The third-order valence-corrected chi connectivity index (χ3v) is 2.93. The zero-order valence-electron chi connectivity index (χ0n) is 11.0. The van der Waals surface area contributed by atoms with E-state index in [0.717, 1.165) is 6.07 Å². The molecule has 0 bridgehead atoms. The van der Waals surface area contributed by atoms with E-state index in [4.69, 9.17) is 5.11 Å². The summed E-state index contributed by atoms with van der Waals surface area (Å²) in [5.74, 6) is -0.548. The number of phenols is 1. The molecule has 0 atom stereocenters. The normalized spacial score (nSPS) is 11.2. The summed E-state index contributed by atoms with van der Waals surface area (Å²) >= 11 is 0. The van der Waals surface area contributed by atoms with Gasteiger partial charge in [-0.3, -0.25) is 4.79 Å². The highest BCUT2D eigenvalue weighted by Gasteiger charge is 2.32. The highest BCUT2D eigenvalue weighted by atomic mass is 19.4. The lowest BCUT2D eigenvalue weighted by Crippen LogP contribution is -2.13. The minimum atomic E-state index is -4.47. The van der Waals surface area contributed by atoms with E-state index in [9.17, 15) is 18.0 Å². The quantitative estimate of drug-likeness (QED) is 0.880. The molecule has 2 aromatic rings. The van der Waals surface area contributed by atoms with Gasteiger partial charge in [0, 0.05) is 11.3 Å². The van der Waals surface area contributed by atoms with E-state index in [0.29, 0.717) is 0 Å². The predicted molar refractivity (Wildman–Crippen MR) is 72.2 cm³/mol. The molecular formula is C15H12F3NO2. The van der Waals surface area contributed by atoms with Crippen LogP contribution in [0, 0.1) is 6.92 Å². The van der Waals surface area contributed by atoms with Crippen molar-refractivity contribution in [3.8, 4) is 5.75 Å². The smallest absolute Gasteiger partial charge is 0.416 e. The van der Waals surface area contributed by atoms with Crippen molar-refractivity contribution in [1.29, 1.82) is 0 Å². The molecule has 2 aromatic carbocycles. The lowest BCUT2D eigenvalue weighted by atomic mass is 10.1. The van der Waals surface area contributed by atoms with Gasteiger partial charge < -0.3 is 10.4 Å². The molecule has 0 unspecified atom stereocenters. The third-order valence-electron chi connectivity index (χ3n) is 2.93. The van der Waals surface area contributed by atoms with Gasteiger partial charge in [0.05, 0.1) is 5.56 Å². The Balaban J connectivity index is 2.24. The fraction of sp³-hybridized carbons (Fsp3) is 0.133. The number of anilines is 1. The van der Waals surface area contributed by atoms with Gasteiger partial charge in [-0.05, 0) is 48.9 Å². The summed E-state index contributed by atoms with van der Waals surface area (Å²) < 4.78 is 38.4. The molecular weight excluding hydrogens is 283 g/mol. The summed E-state index contributed by atoms with van der Waals surface area (Å²) in [4.78, 5) is 11.9. The zero-order chi connectivity index (χ0) is 15.6. The van der Waals surface area contributed by atoms with E-state index in [1.54, 1.807) is 0 Å². The van der Waals surface area contributed by atoms with Crippen LogP contribution in [-0.4, -0.2) is 11.0 Å². The summed E-state index contributed by atoms with van der Waals surface area (Å²) in [6.45, 7) is 1.36. The molecule has 0 spiro atoms. The van der Waals surface area contributed by atoms with Gasteiger partial charge in [0.2, 0.25) is 0 Å². The van der Waals surface area contributed by atoms with Gasteiger partial charge in [-0.25, -0.2) is 0 Å². The average molecular weight is 295 g/mol. The number of carbonyl (C=O) groups excluding carboxylic acids is 1. The van der Waals surface area contributed by atoms with Crippen LogP contribution >= 0.6 is 0 Å². The molecule has 0 aliphatic heterocycles. The maximum absolute atomic E-state index is 12.8. The van der Waals surface area contributed by atoms with E-state index in [1.165, 1.54) is 43.3 Å². The van der Waals surface area contributed by atoms with Crippen molar-refractivity contribution in [1.82, 2.24) is 0 Å². The van der Waals surface area contributed by atoms with Crippen molar-refractivity contribution in [2.45, 2.75) is 13.1 Å². The fourth-order valence-corrected chi connectivity index (χ4v) is 1.82. The summed E-state index contributed by atoms with van der Waals surface area (Å²) in [5.41, 5.74) is -0.399. The Kier molecular flexibility index (Phi) is 3.88. The molecule has 0 aliphatic carbocycles. The minimum absolute atomic E-state index is 0.00115. The Morgan fingerprint density at radius 1 is 1.10 bits per heavy atom. The number of phenolic OH excluding ortho intramolecular Hbond substituents is 1. The van der Waals surface area contributed by atoms with Crippen LogP contribution in [0.15, 0.2) is 42.5 Å². The molecule has 21 heavy (non-hydrogen) atoms. The number of aromatic hydroxyl groups is 1. The Morgan fingerprint density at radius 2 is 1.71 bits per heavy atom. The molecule has 0 saturated carbocycles. The fourth-order valence-electron chi connectivity index (χ4n) is 1.82. The number of alkyl halides is 3. The molecule has 3 nitrogen and oxygen atoms in total. The molecule has 6 heteroatoms. The molecule has 2 N–H and O–H groups in total. The molecule has 1 amide bonds. The van der Waals surface area contributed by atoms with Crippen molar-refractivity contribution in [2.24, 2.45) is 0 Å². The first-order chi connectivity index (χ1) is 9.77. The molecule has 0 radical (unpaired) electrons. The molecule has 0 fully saturated rings. The van der Waals surface area contributed by atoms with E-state index in [1.807, 2.05) is 0 Å². The van der Waals surface area contributed by atoms with Crippen LogP contribution in [0.25, 0.3) is 0 Å². The van der Waals surface area contributed by atoms with Gasteiger partial charge in [-0.2, -0.15) is 13.2 Å². The predicted octanol–water partition coefficient (Wildman–Crippen LogP) is 3.97. The van der Waals surface area contributed by atoms with Crippen LogP contribution in [-0.2, 0) is 6.18 Å². The van der Waals surface area contributed by atoms with Crippen LogP contribution in [0.3, 0.4) is 0 Å². The minimum Gasteiger partial charge on any atom is -0.508 e. The number of benzene rings is 2. The molecule has 2 rings (SSSR count). The Morgan fingerprint density at radius 3 is 2.29 bits per heavy atom. The number of amides is 1. The molecule has 0 aliphatic rings. The number of halogens is 3. The summed E-state index contributed by atoms with van der Waals surface area (Å²) in [6, 6.07) is 9.01. The van der Waals surface area contributed by atoms with Crippen molar-refractivity contribution >= 4 is 11.6 Å². The van der Waals surface area contributed by atoms with E-state index in [2.05, 4.69) is 5.32 Å². The monoisotopic (exact) mass is 295 g/mol. The van der Waals surface area contributed by atoms with Crippen molar-refractivity contribution in [2.75, 3.05) is 5.32 Å². The lowest BCUT2D eigenvalue weighted by Gasteiger charge is -2.12. The molecule has 0 aromatic heterocycles. The van der Waals surface area contributed by atoms with Crippen LogP contribution in [0.4, 0.5) is 18.9 Å². The Bertz CT molecular complexity index is 664. The number of carbonyl (C=O) groups is 1. The number of hydrogen-bond donors (Lipinski definition) is 2. The first-order valence-electron chi connectivity index (χ1n) is 6.05. The van der Waals surface area contributed by atoms with Gasteiger partial charge in [-0.1, -0.05) is 6.07 Å². The SMILES string of the molecule is Cc1ccc(NC(=O)c2ccc(O)cc2)cc1C(F)(F)F. The van der Waals surface area contributed by atoms with Crippen LogP contribution in [0.2, 0.25) is 0 Å². The largest absolute Gasteiger partial charge is 0.508 e. The zero-order valence-corrected chi connectivity index (χ0v) is 11.0. The maximum atomic E-state index is 12.8. The number of nitrogens with one attached hydrogen (secondary N) is 1.